The monoisotopic (exact) mass is 275 g/mol. The maximum absolute atomic E-state index is 13.8. The quantitative estimate of drug-likeness (QED) is 0.790. The summed E-state index contributed by atoms with van der Waals surface area (Å²) in [5.41, 5.74) is 0.743. The average Bonchev–Trinajstić information content (AvgIpc) is 2.45. The van der Waals surface area contributed by atoms with E-state index in [4.69, 9.17) is 0 Å². The molecule has 1 unspecified atom stereocenters. The van der Waals surface area contributed by atoms with E-state index in [1.807, 2.05) is 37.3 Å². The summed E-state index contributed by atoms with van der Waals surface area (Å²) in [6.07, 6.45) is 0. The van der Waals surface area contributed by atoms with E-state index in [1.165, 1.54) is 11.0 Å². The molecule has 0 spiro atoms. The maximum atomic E-state index is 13.8. The predicted octanol–water partition coefficient (Wildman–Crippen LogP) is 4.27. The van der Waals surface area contributed by atoms with Crippen molar-refractivity contribution in [1.29, 1.82) is 0 Å². The Labute approximate surface area is 118 Å². The van der Waals surface area contributed by atoms with E-state index < -0.39 is 0 Å². The second-order valence-corrected chi connectivity index (χ2v) is 5.35. The minimum Gasteiger partial charge on any atom is -0.309 e. The van der Waals surface area contributed by atoms with Crippen molar-refractivity contribution in [3.63, 3.8) is 0 Å². The summed E-state index contributed by atoms with van der Waals surface area (Å²) >= 11 is 1.74. The fraction of sp³-hybridized carbons (Fsp3) is 0.250. The lowest BCUT2D eigenvalue weighted by Crippen LogP contribution is -2.23. The van der Waals surface area contributed by atoms with E-state index in [0.29, 0.717) is 0 Å². The van der Waals surface area contributed by atoms with Crippen molar-refractivity contribution in [3.05, 3.63) is 66.0 Å². The Morgan fingerprint density at radius 2 is 1.74 bits per heavy atom. The van der Waals surface area contributed by atoms with Gasteiger partial charge in [0.1, 0.15) is 5.82 Å². The number of hydrogen-bond acceptors (Lipinski definition) is 2. The first-order valence-electron chi connectivity index (χ1n) is 6.47. The lowest BCUT2D eigenvalue weighted by molar-refractivity contribution is 0.545. The van der Waals surface area contributed by atoms with Gasteiger partial charge in [-0.1, -0.05) is 43.3 Å². The van der Waals surface area contributed by atoms with Crippen LogP contribution < -0.4 is 5.32 Å². The second-order valence-electron chi connectivity index (χ2n) is 4.26. The fourth-order valence-corrected chi connectivity index (χ4v) is 2.97. The molecule has 0 saturated heterocycles. The molecule has 0 aliphatic carbocycles. The molecule has 0 aliphatic rings. The van der Waals surface area contributed by atoms with E-state index in [9.17, 15) is 4.39 Å². The largest absolute Gasteiger partial charge is 0.309 e. The molecule has 2 rings (SSSR count). The van der Waals surface area contributed by atoms with Crippen LogP contribution in [0.15, 0.2) is 59.5 Å². The minimum absolute atomic E-state index is 0.0383. The van der Waals surface area contributed by atoms with Gasteiger partial charge in [0.2, 0.25) is 0 Å². The molecule has 0 amide bonds. The molecule has 2 aromatic carbocycles. The normalized spacial score (nSPS) is 12.3. The summed E-state index contributed by atoms with van der Waals surface area (Å²) < 4.78 is 13.8. The van der Waals surface area contributed by atoms with Gasteiger partial charge in [0.05, 0.1) is 0 Å². The van der Waals surface area contributed by atoms with Crippen molar-refractivity contribution in [3.8, 4) is 0 Å². The van der Waals surface area contributed by atoms with Crippen LogP contribution in [0.5, 0.6) is 0 Å². The van der Waals surface area contributed by atoms with Gasteiger partial charge in [-0.3, -0.25) is 0 Å². The van der Waals surface area contributed by atoms with Crippen molar-refractivity contribution >= 4 is 11.8 Å². The van der Waals surface area contributed by atoms with E-state index in [0.717, 1.165) is 17.9 Å². The van der Waals surface area contributed by atoms with Gasteiger partial charge in [-0.05, 0) is 24.7 Å². The molecule has 0 saturated carbocycles. The highest BCUT2D eigenvalue weighted by molar-refractivity contribution is 7.99. The van der Waals surface area contributed by atoms with Gasteiger partial charge in [-0.15, -0.1) is 11.8 Å². The zero-order chi connectivity index (χ0) is 13.5. The topological polar surface area (TPSA) is 12.0 Å². The second kappa shape index (κ2) is 7.31. The first kappa shape index (κ1) is 14.1. The van der Waals surface area contributed by atoms with E-state index in [2.05, 4.69) is 17.4 Å². The van der Waals surface area contributed by atoms with Crippen LogP contribution in [0, 0.1) is 5.82 Å². The van der Waals surface area contributed by atoms with Crippen molar-refractivity contribution in [2.75, 3.05) is 12.3 Å². The third-order valence-corrected chi connectivity index (χ3v) is 4.00. The van der Waals surface area contributed by atoms with Gasteiger partial charge in [-0.25, -0.2) is 4.39 Å². The Morgan fingerprint density at radius 1 is 1.05 bits per heavy atom. The average molecular weight is 275 g/mol. The molecule has 0 aromatic heterocycles. The first-order valence-corrected chi connectivity index (χ1v) is 7.45. The fourth-order valence-electron chi connectivity index (χ4n) is 1.96. The molecular formula is C16H18FNS. The number of thioether (sulfide) groups is 1. The molecular weight excluding hydrogens is 257 g/mol. The zero-order valence-corrected chi connectivity index (χ0v) is 11.8. The van der Waals surface area contributed by atoms with Crippen LogP contribution in [0.2, 0.25) is 0 Å². The zero-order valence-electron chi connectivity index (χ0n) is 11.0. The summed E-state index contributed by atoms with van der Waals surface area (Å²) in [7, 11) is 0. The van der Waals surface area contributed by atoms with Gasteiger partial charge >= 0.3 is 0 Å². The number of hydrogen-bond donors (Lipinski definition) is 1. The lowest BCUT2D eigenvalue weighted by atomic mass is 10.1. The van der Waals surface area contributed by atoms with Crippen LogP contribution in [-0.2, 0) is 0 Å². The maximum Gasteiger partial charge on any atom is 0.128 e. The summed E-state index contributed by atoms with van der Waals surface area (Å²) in [5, 5.41) is 3.35. The molecule has 0 aliphatic heterocycles. The van der Waals surface area contributed by atoms with E-state index in [-0.39, 0.29) is 11.9 Å². The molecule has 0 bridgehead atoms. The van der Waals surface area contributed by atoms with Crippen molar-refractivity contribution < 1.29 is 4.39 Å². The molecule has 19 heavy (non-hydrogen) atoms. The highest BCUT2D eigenvalue weighted by atomic mass is 32.2. The molecule has 1 N–H and O–H groups in total. The van der Waals surface area contributed by atoms with Crippen LogP contribution in [0.4, 0.5) is 4.39 Å². The smallest absolute Gasteiger partial charge is 0.128 e. The summed E-state index contributed by atoms with van der Waals surface area (Å²) in [4.78, 5) is 1.21. The van der Waals surface area contributed by atoms with Crippen molar-refractivity contribution in [2.45, 2.75) is 17.9 Å². The van der Waals surface area contributed by atoms with Crippen molar-refractivity contribution in [1.82, 2.24) is 5.32 Å². The van der Waals surface area contributed by atoms with Crippen LogP contribution in [-0.4, -0.2) is 12.3 Å². The first-order chi connectivity index (χ1) is 9.31. The van der Waals surface area contributed by atoms with Crippen LogP contribution in [0.25, 0.3) is 0 Å². The number of rotatable bonds is 6. The molecule has 3 heteroatoms. The van der Waals surface area contributed by atoms with Crippen LogP contribution >= 0.6 is 11.8 Å². The Morgan fingerprint density at radius 3 is 2.42 bits per heavy atom. The minimum atomic E-state index is -0.137. The SMILES string of the molecule is CCNC(CSc1ccccc1)c1ccccc1F. The predicted molar refractivity (Wildman–Crippen MR) is 80.0 cm³/mol. The summed E-state index contributed by atoms with van der Waals surface area (Å²) in [5.74, 6) is 0.681. The Bertz CT molecular complexity index is 501. The number of nitrogens with one attached hydrogen (secondary N) is 1. The highest BCUT2D eigenvalue weighted by Gasteiger charge is 2.14. The molecule has 1 atom stereocenters. The van der Waals surface area contributed by atoms with Crippen LogP contribution in [0.1, 0.15) is 18.5 Å². The Hall–Kier alpha value is -1.32. The molecule has 0 heterocycles. The van der Waals surface area contributed by atoms with Gasteiger partial charge in [-0.2, -0.15) is 0 Å². The molecule has 2 aromatic rings. The van der Waals surface area contributed by atoms with Gasteiger partial charge < -0.3 is 5.32 Å². The molecule has 0 radical (unpaired) electrons. The standard InChI is InChI=1S/C16H18FNS/c1-2-18-16(14-10-6-7-11-15(14)17)12-19-13-8-4-3-5-9-13/h3-11,16,18H,2,12H2,1H3. The number of benzene rings is 2. The van der Waals surface area contributed by atoms with E-state index >= 15 is 0 Å². The Balaban J connectivity index is 2.07. The van der Waals surface area contributed by atoms with Gasteiger partial charge in [0.25, 0.3) is 0 Å². The van der Waals surface area contributed by atoms with E-state index in [1.54, 1.807) is 17.8 Å². The Kier molecular flexibility index (Phi) is 5.43. The highest BCUT2D eigenvalue weighted by Crippen LogP contribution is 2.25. The molecule has 0 fully saturated rings. The van der Waals surface area contributed by atoms with Gasteiger partial charge in [0, 0.05) is 22.3 Å². The van der Waals surface area contributed by atoms with Gasteiger partial charge in [0.15, 0.2) is 0 Å². The van der Waals surface area contributed by atoms with Crippen molar-refractivity contribution in [2.24, 2.45) is 0 Å². The molecule has 1 nitrogen and oxygen atoms in total. The third-order valence-electron chi connectivity index (χ3n) is 2.89. The third kappa shape index (κ3) is 4.08. The summed E-state index contributed by atoms with van der Waals surface area (Å²) in [6, 6.07) is 17.2. The van der Waals surface area contributed by atoms with Crippen LogP contribution in [0.3, 0.4) is 0 Å². The molecule has 100 valence electrons. The number of halogens is 1. The lowest BCUT2D eigenvalue weighted by Gasteiger charge is -2.18. The summed E-state index contributed by atoms with van der Waals surface area (Å²) in [6.45, 7) is 2.87.